The van der Waals surface area contributed by atoms with E-state index in [0.717, 1.165) is 43.9 Å². The van der Waals surface area contributed by atoms with Crippen molar-refractivity contribution in [1.82, 2.24) is 4.90 Å². The summed E-state index contributed by atoms with van der Waals surface area (Å²) in [6.45, 7) is 7.48. The standard InChI is InChI=1S/C16H26N2O2/c1-12-10-18(11-13(2)20-12)8-4-5-14-6-7-16(19-3)15(17)9-14/h6-7,9,12-13H,4-5,8,10-11,17H2,1-3H3. The smallest absolute Gasteiger partial charge is 0.141 e. The predicted octanol–water partition coefficient (Wildman–Crippen LogP) is 2.32. The number of methoxy groups -OCH3 is 1. The molecule has 1 aliphatic rings. The van der Waals surface area contributed by atoms with E-state index < -0.39 is 0 Å². The van der Waals surface area contributed by atoms with E-state index in [1.165, 1.54) is 5.56 Å². The Bertz CT molecular complexity index is 426. The Kier molecular flexibility index (Phi) is 5.26. The van der Waals surface area contributed by atoms with Crippen LogP contribution in [-0.2, 0) is 11.2 Å². The van der Waals surface area contributed by atoms with Gasteiger partial charge >= 0.3 is 0 Å². The van der Waals surface area contributed by atoms with Crippen molar-refractivity contribution in [3.05, 3.63) is 23.8 Å². The summed E-state index contributed by atoms with van der Waals surface area (Å²) in [5.41, 5.74) is 7.93. The number of nitrogen functional groups attached to an aromatic ring is 1. The van der Waals surface area contributed by atoms with Crippen LogP contribution in [0.25, 0.3) is 0 Å². The van der Waals surface area contributed by atoms with Crippen molar-refractivity contribution in [1.29, 1.82) is 0 Å². The maximum atomic E-state index is 5.93. The monoisotopic (exact) mass is 278 g/mol. The maximum Gasteiger partial charge on any atom is 0.141 e. The number of hydrogen-bond donors (Lipinski definition) is 1. The lowest BCUT2D eigenvalue weighted by atomic mass is 10.1. The van der Waals surface area contributed by atoms with E-state index in [2.05, 4.69) is 24.8 Å². The summed E-state index contributed by atoms with van der Waals surface area (Å²) in [6, 6.07) is 6.06. The van der Waals surface area contributed by atoms with Crippen molar-refractivity contribution in [2.24, 2.45) is 0 Å². The summed E-state index contributed by atoms with van der Waals surface area (Å²) in [4.78, 5) is 2.49. The van der Waals surface area contributed by atoms with E-state index in [-0.39, 0.29) is 0 Å². The molecule has 4 nitrogen and oxygen atoms in total. The lowest BCUT2D eigenvalue weighted by Crippen LogP contribution is -2.45. The van der Waals surface area contributed by atoms with Gasteiger partial charge in [0.25, 0.3) is 0 Å². The second-order valence-corrected chi connectivity index (χ2v) is 5.70. The van der Waals surface area contributed by atoms with E-state index in [1.54, 1.807) is 7.11 Å². The molecule has 1 aromatic rings. The Morgan fingerprint density at radius 3 is 2.60 bits per heavy atom. The first kappa shape index (κ1) is 15.1. The van der Waals surface area contributed by atoms with Crippen LogP contribution in [0.3, 0.4) is 0 Å². The third-order valence-corrected chi connectivity index (χ3v) is 3.73. The minimum Gasteiger partial charge on any atom is -0.495 e. The molecule has 0 spiro atoms. The summed E-state index contributed by atoms with van der Waals surface area (Å²) in [7, 11) is 1.64. The molecule has 2 atom stereocenters. The summed E-state index contributed by atoms with van der Waals surface area (Å²) >= 11 is 0. The Hall–Kier alpha value is -1.26. The zero-order valence-electron chi connectivity index (χ0n) is 12.8. The van der Waals surface area contributed by atoms with Gasteiger partial charge in [0.1, 0.15) is 5.75 Å². The molecule has 0 aromatic heterocycles. The molecule has 0 amide bonds. The molecule has 1 aromatic carbocycles. The van der Waals surface area contributed by atoms with Gasteiger partial charge in [0.05, 0.1) is 25.0 Å². The number of benzene rings is 1. The predicted molar refractivity (Wildman–Crippen MR) is 82.2 cm³/mol. The minimum atomic E-state index is 0.343. The van der Waals surface area contributed by atoms with Crippen LogP contribution in [0.15, 0.2) is 18.2 Å². The molecular formula is C16H26N2O2. The number of nitrogens with zero attached hydrogens (tertiary/aromatic N) is 1. The SMILES string of the molecule is COc1ccc(CCCN2CC(C)OC(C)C2)cc1N. The van der Waals surface area contributed by atoms with Gasteiger partial charge < -0.3 is 15.2 Å². The Morgan fingerprint density at radius 1 is 1.30 bits per heavy atom. The second kappa shape index (κ2) is 6.95. The van der Waals surface area contributed by atoms with E-state index >= 15 is 0 Å². The number of ether oxygens (including phenoxy) is 2. The summed E-state index contributed by atoms with van der Waals surface area (Å²) in [5, 5.41) is 0. The van der Waals surface area contributed by atoms with E-state index in [9.17, 15) is 0 Å². The van der Waals surface area contributed by atoms with Gasteiger partial charge in [-0.3, -0.25) is 4.90 Å². The van der Waals surface area contributed by atoms with Gasteiger partial charge in [0, 0.05) is 13.1 Å². The summed E-state index contributed by atoms with van der Waals surface area (Å²) < 4.78 is 10.9. The van der Waals surface area contributed by atoms with Crippen molar-refractivity contribution in [2.75, 3.05) is 32.5 Å². The molecule has 2 rings (SSSR count). The average molecular weight is 278 g/mol. The third-order valence-electron chi connectivity index (χ3n) is 3.73. The minimum absolute atomic E-state index is 0.343. The van der Waals surface area contributed by atoms with Gasteiger partial charge in [-0.2, -0.15) is 0 Å². The molecule has 20 heavy (non-hydrogen) atoms. The molecule has 0 bridgehead atoms. The fraction of sp³-hybridized carbons (Fsp3) is 0.625. The van der Waals surface area contributed by atoms with Gasteiger partial charge in [0.15, 0.2) is 0 Å². The first-order chi connectivity index (χ1) is 9.58. The highest BCUT2D eigenvalue weighted by molar-refractivity contribution is 5.54. The topological polar surface area (TPSA) is 47.7 Å². The maximum absolute atomic E-state index is 5.93. The number of nitrogens with two attached hydrogens (primary N) is 1. The number of morpholine rings is 1. The highest BCUT2D eigenvalue weighted by atomic mass is 16.5. The molecule has 0 saturated carbocycles. The van der Waals surface area contributed by atoms with Crippen molar-refractivity contribution < 1.29 is 9.47 Å². The third kappa shape index (κ3) is 4.12. The Labute approximate surface area is 121 Å². The van der Waals surface area contributed by atoms with Crippen LogP contribution in [0.1, 0.15) is 25.8 Å². The van der Waals surface area contributed by atoms with E-state index in [1.807, 2.05) is 12.1 Å². The normalized spacial score (nSPS) is 23.8. The van der Waals surface area contributed by atoms with Gasteiger partial charge in [0.2, 0.25) is 0 Å². The van der Waals surface area contributed by atoms with Crippen LogP contribution in [-0.4, -0.2) is 43.9 Å². The summed E-state index contributed by atoms with van der Waals surface area (Å²) in [5.74, 6) is 0.754. The lowest BCUT2D eigenvalue weighted by molar-refractivity contribution is -0.0680. The number of aryl methyl sites for hydroxylation is 1. The molecule has 1 saturated heterocycles. The van der Waals surface area contributed by atoms with Crippen molar-refractivity contribution in [3.63, 3.8) is 0 Å². The van der Waals surface area contributed by atoms with Crippen LogP contribution in [0, 0.1) is 0 Å². The molecule has 2 N–H and O–H groups in total. The fourth-order valence-corrected chi connectivity index (χ4v) is 2.91. The summed E-state index contributed by atoms with van der Waals surface area (Å²) in [6.07, 6.45) is 2.88. The first-order valence-electron chi connectivity index (χ1n) is 7.38. The van der Waals surface area contributed by atoms with Gasteiger partial charge in [-0.25, -0.2) is 0 Å². The highest BCUT2D eigenvalue weighted by Gasteiger charge is 2.21. The van der Waals surface area contributed by atoms with Crippen LogP contribution in [0.5, 0.6) is 5.75 Å². The zero-order valence-corrected chi connectivity index (χ0v) is 12.8. The lowest BCUT2D eigenvalue weighted by Gasteiger charge is -2.35. The quantitative estimate of drug-likeness (QED) is 0.840. The molecular weight excluding hydrogens is 252 g/mol. The Balaban J connectivity index is 1.79. The van der Waals surface area contributed by atoms with Crippen molar-refractivity contribution >= 4 is 5.69 Å². The second-order valence-electron chi connectivity index (χ2n) is 5.70. The average Bonchev–Trinajstić information content (AvgIpc) is 2.38. The molecule has 112 valence electrons. The molecule has 4 heteroatoms. The largest absolute Gasteiger partial charge is 0.495 e. The van der Waals surface area contributed by atoms with Crippen LogP contribution in [0.2, 0.25) is 0 Å². The van der Waals surface area contributed by atoms with Crippen molar-refractivity contribution in [2.45, 2.75) is 38.9 Å². The molecule has 1 fully saturated rings. The van der Waals surface area contributed by atoms with E-state index in [0.29, 0.717) is 12.2 Å². The van der Waals surface area contributed by atoms with E-state index in [4.69, 9.17) is 15.2 Å². The van der Waals surface area contributed by atoms with Crippen LogP contribution < -0.4 is 10.5 Å². The number of anilines is 1. The number of hydrogen-bond acceptors (Lipinski definition) is 4. The van der Waals surface area contributed by atoms with Crippen LogP contribution in [0.4, 0.5) is 5.69 Å². The molecule has 1 aliphatic heterocycles. The zero-order chi connectivity index (χ0) is 14.5. The van der Waals surface area contributed by atoms with Gasteiger partial charge in [-0.05, 0) is 50.9 Å². The van der Waals surface area contributed by atoms with Gasteiger partial charge in [-0.15, -0.1) is 0 Å². The first-order valence-corrected chi connectivity index (χ1v) is 7.38. The molecule has 1 heterocycles. The van der Waals surface area contributed by atoms with Crippen LogP contribution >= 0.6 is 0 Å². The number of rotatable bonds is 5. The molecule has 0 radical (unpaired) electrons. The molecule has 2 unspecified atom stereocenters. The highest BCUT2D eigenvalue weighted by Crippen LogP contribution is 2.22. The fourth-order valence-electron chi connectivity index (χ4n) is 2.91. The Morgan fingerprint density at radius 2 is 2.00 bits per heavy atom. The molecule has 0 aliphatic carbocycles. The van der Waals surface area contributed by atoms with Crippen molar-refractivity contribution in [3.8, 4) is 5.75 Å². The van der Waals surface area contributed by atoms with Gasteiger partial charge in [-0.1, -0.05) is 6.07 Å².